The van der Waals surface area contributed by atoms with Crippen LogP contribution >= 0.6 is 0 Å². The molecule has 0 fully saturated rings. The summed E-state index contributed by atoms with van der Waals surface area (Å²) >= 11 is 0. The molecule has 0 rings (SSSR count). The lowest BCUT2D eigenvalue weighted by molar-refractivity contribution is -0.123. The van der Waals surface area contributed by atoms with Crippen LogP contribution in [0.1, 0.15) is 13.8 Å². The van der Waals surface area contributed by atoms with Crippen LogP contribution in [0, 0.1) is 5.92 Å². The topological polar surface area (TPSA) is 46.2 Å². The Kier molecular flexibility index (Phi) is 5.78. The minimum atomic E-state index is -0.508. The Bertz CT molecular complexity index is 362. The number of rotatable bonds is 6. The lowest BCUT2D eigenvalue weighted by atomic mass is 10.0. The molecule has 0 aromatic carbocycles. The molecule has 0 saturated heterocycles. The van der Waals surface area contributed by atoms with Crippen LogP contribution in [0.2, 0.25) is 0 Å². The van der Waals surface area contributed by atoms with E-state index in [1.165, 1.54) is 12.2 Å². The Hall–Kier alpha value is -1.90. The lowest BCUT2D eigenvalue weighted by Gasteiger charge is -2.08. The van der Waals surface area contributed by atoms with Crippen molar-refractivity contribution in [2.45, 2.75) is 13.8 Å². The second-order valence-electron chi connectivity index (χ2n) is 3.51. The highest BCUT2D eigenvalue weighted by atomic mass is 16.2. The summed E-state index contributed by atoms with van der Waals surface area (Å²) in [6, 6.07) is 0. The van der Waals surface area contributed by atoms with Crippen LogP contribution in [0.25, 0.3) is 0 Å². The lowest BCUT2D eigenvalue weighted by Crippen LogP contribution is -2.28. The zero-order chi connectivity index (χ0) is 12.7. The molecule has 1 amide bonds. The van der Waals surface area contributed by atoms with Gasteiger partial charge in [-0.05, 0) is 12.2 Å². The van der Waals surface area contributed by atoms with Gasteiger partial charge in [-0.1, -0.05) is 39.7 Å². The predicted molar refractivity (Wildman–Crippen MR) is 65.6 cm³/mol. The zero-order valence-electron chi connectivity index (χ0n) is 9.75. The average molecular weight is 219 g/mol. The normalized spacial score (nSPS) is 10.8. The highest BCUT2D eigenvalue weighted by molar-refractivity contribution is 6.19. The molecule has 86 valence electrons. The van der Waals surface area contributed by atoms with Gasteiger partial charge in [-0.3, -0.25) is 9.59 Å². The van der Waals surface area contributed by atoms with Crippen molar-refractivity contribution in [1.82, 2.24) is 5.32 Å². The molecule has 0 atom stereocenters. The summed E-state index contributed by atoms with van der Waals surface area (Å²) < 4.78 is 0. The molecule has 1 N–H and O–H groups in total. The third kappa shape index (κ3) is 4.09. The second kappa shape index (κ2) is 6.56. The Morgan fingerprint density at radius 2 is 1.81 bits per heavy atom. The number of hydrogen-bond acceptors (Lipinski definition) is 2. The van der Waals surface area contributed by atoms with Crippen LogP contribution in [-0.4, -0.2) is 11.7 Å². The number of hydrogen-bond donors (Lipinski definition) is 1. The van der Waals surface area contributed by atoms with Crippen LogP contribution in [0.5, 0.6) is 0 Å². The monoisotopic (exact) mass is 219 g/mol. The molecule has 0 radical (unpaired) electrons. The average Bonchev–Trinajstić information content (AvgIpc) is 2.25. The molecule has 0 aromatic rings. The smallest absolute Gasteiger partial charge is 0.258 e. The number of allylic oxidation sites excluding steroid dienone is 3. The first-order valence-corrected chi connectivity index (χ1v) is 4.93. The van der Waals surface area contributed by atoms with E-state index in [1.807, 2.05) is 0 Å². The SMILES string of the molecule is C=C/C=C(\C=C)NC(=O)C(=C)C(=O)C(C)C. The van der Waals surface area contributed by atoms with Crippen molar-refractivity contribution in [3.63, 3.8) is 0 Å². The van der Waals surface area contributed by atoms with E-state index in [1.54, 1.807) is 19.9 Å². The standard InChI is InChI=1S/C13H17NO2/c1-6-8-11(7-2)14-13(16)10(5)12(15)9(3)4/h6-9H,1-2,5H2,3-4H3,(H,14,16)/b11-8+. The summed E-state index contributed by atoms with van der Waals surface area (Å²) in [5.74, 6) is -1.01. The van der Waals surface area contributed by atoms with Crippen molar-refractivity contribution >= 4 is 11.7 Å². The number of nitrogens with one attached hydrogen (secondary N) is 1. The number of Topliss-reactive ketones (excluding diaryl/α,β-unsaturated/α-hetero) is 1. The summed E-state index contributed by atoms with van der Waals surface area (Å²) in [6.45, 7) is 13.9. The Morgan fingerprint density at radius 1 is 1.25 bits per heavy atom. The number of carbonyl (C=O) groups is 2. The van der Waals surface area contributed by atoms with E-state index in [0.29, 0.717) is 5.70 Å². The number of amides is 1. The molecule has 0 saturated carbocycles. The minimum Gasteiger partial charge on any atom is -0.322 e. The first kappa shape index (κ1) is 14.1. The van der Waals surface area contributed by atoms with Gasteiger partial charge in [-0.25, -0.2) is 0 Å². The van der Waals surface area contributed by atoms with Crippen LogP contribution in [-0.2, 0) is 9.59 Å². The molecule has 0 aliphatic rings. The third-order valence-corrected chi connectivity index (χ3v) is 1.87. The quantitative estimate of drug-likeness (QED) is 0.322. The molecule has 0 heterocycles. The van der Waals surface area contributed by atoms with Crippen LogP contribution in [0.4, 0.5) is 0 Å². The summed E-state index contributed by atoms with van der Waals surface area (Å²) in [5.41, 5.74) is 0.435. The van der Waals surface area contributed by atoms with Gasteiger partial charge in [-0.15, -0.1) is 0 Å². The molecule has 0 aliphatic carbocycles. The minimum absolute atomic E-state index is 0.0492. The Morgan fingerprint density at radius 3 is 2.19 bits per heavy atom. The summed E-state index contributed by atoms with van der Waals surface area (Å²) in [6.07, 6.45) is 4.56. The maximum absolute atomic E-state index is 11.6. The molecular formula is C13H17NO2. The van der Waals surface area contributed by atoms with E-state index in [2.05, 4.69) is 25.1 Å². The van der Waals surface area contributed by atoms with Crippen molar-refractivity contribution in [3.8, 4) is 0 Å². The number of carbonyl (C=O) groups excluding carboxylic acids is 2. The van der Waals surface area contributed by atoms with Gasteiger partial charge in [0.1, 0.15) is 0 Å². The maximum Gasteiger partial charge on any atom is 0.258 e. The van der Waals surface area contributed by atoms with Crippen molar-refractivity contribution in [3.05, 3.63) is 49.2 Å². The van der Waals surface area contributed by atoms with E-state index in [9.17, 15) is 9.59 Å². The summed E-state index contributed by atoms with van der Waals surface area (Å²) in [4.78, 5) is 23.1. The van der Waals surface area contributed by atoms with Gasteiger partial charge in [-0.2, -0.15) is 0 Å². The van der Waals surface area contributed by atoms with Crippen molar-refractivity contribution in [1.29, 1.82) is 0 Å². The van der Waals surface area contributed by atoms with Gasteiger partial charge in [0, 0.05) is 11.6 Å². The van der Waals surface area contributed by atoms with Gasteiger partial charge < -0.3 is 5.32 Å². The second-order valence-corrected chi connectivity index (χ2v) is 3.51. The summed E-state index contributed by atoms with van der Waals surface area (Å²) in [5, 5.41) is 2.52. The Labute approximate surface area is 96.2 Å². The van der Waals surface area contributed by atoms with Crippen molar-refractivity contribution < 1.29 is 9.59 Å². The van der Waals surface area contributed by atoms with E-state index >= 15 is 0 Å². The molecule has 3 heteroatoms. The molecule has 0 aliphatic heterocycles. The first-order chi connectivity index (χ1) is 7.43. The van der Waals surface area contributed by atoms with Crippen LogP contribution in [0.3, 0.4) is 0 Å². The van der Waals surface area contributed by atoms with Gasteiger partial charge in [0.25, 0.3) is 5.91 Å². The molecule has 0 spiro atoms. The van der Waals surface area contributed by atoms with Gasteiger partial charge >= 0.3 is 0 Å². The number of ketones is 1. The fourth-order valence-electron chi connectivity index (χ4n) is 0.955. The van der Waals surface area contributed by atoms with E-state index in [-0.39, 0.29) is 17.3 Å². The maximum atomic E-state index is 11.6. The molecule has 0 aromatic heterocycles. The van der Waals surface area contributed by atoms with Gasteiger partial charge in [0.15, 0.2) is 5.78 Å². The fourth-order valence-corrected chi connectivity index (χ4v) is 0.955. The van der Waals surface area contributed by atoms with Gasteiger partial charge in [0.2, 0.25) is 0 Å². The van der Waals surface area contributed by atoms with Crippen LogP contribution in [0.15, 0.2) is 49.2 Å². The molecule has 0 bridgehead atoms. The molecular weight excluding hydrogens is 202 g/mol. The highest BCUT2D eigenvalue weighted by Gasteiger charge is 2.18. The highest BCUT2D eigenvalue weighted by Crippen LogP contribution is 2.05. The molecule has 16 heavy (non-hydrogen) atoms. The van der Waals surface area contributed by atoms with Gasteiger partial charge in [0.05, 0.1) is 5.57 Å². The Balaban J connectivity index is 4.65. The van der Waals surface area contributed by atoms with Crippen LogP contribution < -0.4 is 5.32 Å². The first-order valence-electron chi connectivity index (χ1n) is 4.93. The summed E-state index contributed by atoms with van der Waals surface area (Å²) in [7, 11) is 0. The predicted octanol–water partition coefficient (Wildman–Crippen LogP) is 2.14. The van der Waals surface area contributed by atoms with Crippen molar-refractivity contribution in [2.24, 2.45) is 5.92 Å². The third-order valence-electron chi connectivity index (χ3n) is 1.87. The van der Waals surface area contributed by atoms with E-state index in [0.717, 1.165) is 0 Å². The van der Waals surface area contributed by atoms with E-state index < -0.39 is 5.91 Å². The van der Waals surface area contributed by atoms with Crippen molar-refractivity contribution in [2.75, 3.05) is 0 Å². The zero-order valence-corrected chi connectivity index (χ0v) is 9.75. The molecule has 0 unspecified atom stereocenters. The fraction of sp³-hybridized carbons (Fsp3) is 0.231. The largest absolute Gasteiger partial charge is 0.322 e. The van der Waals surface area contributed by atoms with E-state index in [4.69, 9.17) is 0 Å². The molecule has 3 nitrogen and oxygen atoms in total.